The van der Waals surface area contributed by atoms with Gasteiger partial charge in [-0.05, 0) is 67.0 Å². The number of rotatable bonds is 10. The Morgan fingerprint density at radius 2 is 1.79 bits per heavy atom. The first kappa shape index (κ1) is 23.6. The van der Waals surface area contributed by atoms with Crippen LogP contribution < -0.4 is 9.62 Å². The maximum absolute atomic E-state index is 12.3. The monoisotopic (exact) mass is 454 g/mol. The van der Waals surface area contributed by atoms with Gasteiger partial charge in [-0.15, -0.1) is 0 Å². The Morgan fingerprint density at radius 3 is 2.41 bits per heavy atom. The molecule has 0 radical (unpaired) electrons. The van der Waals surface area contributed by atoms with Crippen molar-refractivity contribution in [3.63, 3.8) is 0 Å². The fraction of sp³-hybridized carbons (Fsp3) is 0.381. The zero-order valence-electron chi connectivity index (χ0n) is 16.9. The van der Waals surface area contributed by atoms with Crippen LogP contribution in [0.4, 0.5) is 5.69 Å². The van der Waals surface area contributed by atoms with Gasteiger partial charge in [0.15, 0.2) is 0 Å². The van der Waals surface area contributed by atoms with E-state index in [1.165, 1.54) is 5.56 Å². The summed E-state index contributed by atoms with van der Waals surface area (Å²) in [6.07, 6.45) is 1.93. The molecular weight excluding hydrogens is 428 g/mol. The van der Waals surface area contributed by atoms with E-state index in [4.69, 9.17) is 11.6 Å². The van der Waals surface area contributed by atoms with Gasteiger partial charge in [-0.25, -0.2) is 8.42 Å². The van der Waals surface area contributed by atoms with Gasteiger partial charge in [-0.3, -0.25) is 9.10 Å². The number of nitrogens with zero attached hydrogens (tertiary/aromatic N) is 1. The number of amides is 1. The number of thioether (sulfide) groups is 1. The zero-order valence-corrected chi connectivity index (χ0v) is 19.3. The van der Waals surface area contributed by atoms with E-state index in [2.05, 4.69) is 5.32 Å². The predicted molar refractivity (Wildman–Crippen MR) is 123 cm³/mol. The van der Waals surface area contributed by atoms with Gasteiger partial charge in [-0.2, -0.15) is 11.8 Å². The van der Waals surface area contributed by atoms with E-state index in [0.29, 0.717) is 12.2 Å². The molecule has 0 spiro atoms. The van der Waals surface area contributed by atoms with E-state index in [-0.39, 0.29) is 12.5 Å². The summed E-state index contributed by atoms with van der Waals surface area (Å²) >= 11 is 7.65. The lowest BCUT2D eigenvalue weighted by Gasteiger charge is -2.22. The number of carbonyl (C=O) groups excluding carboxylic acids is 1. The van der Waals surface area contributed by atoms with Gasteiger partial charge in [0.1, 0.15) is 6.54 Å². The van der Waals surface area contributed by atoms with Crippen LogP contribution in [0, 0.1) is 13.8 Å². The molecule has 1 N–H and O–H groups in total. The molecule has 0 fully saturated rings. The van der Waals surface area contributed by atoms with Crippen LogP contribution in [0.2, 0.25) is 5.02 Å². The van der Waals surface area contributed by atoms with Crippen molar-refractivity contribution in [2.24, 2.45) is 0 Å². The van der Waals surface area contributed by atoms with Crippen LogP contribution in [0.1, 0.15) is 23.1 Å². The highest BCUT2D eigenvalue weighted by molar-refractivity contribution is 7.98. The van der Waals surface area contributed by atoms with E-state index < -0.39 is 10.0 Å². The Labute approximate surface area is 182 Å². The van der Waals surface area contributed by atoms with Crippen LogP contribution >= 0.6 is 23.4 Å². The lowest BCUT2D eigenvalue weighted by molar-refractivity contribution is -0.119. The number of carbonyl (C=O) groups is 1. The fourth-order valence-corrected chi connectivity index (χ4v) is 4.53. The van der Waals surface area contributed by atoms with E-state index in [9.17, 15) is 13.2 Å². The molecule has 8 heteroatoms. The van der Waals surface area contributed by atoms with E-state index in [1.54, 1.807) is 23.9 Å². The van der Waals surface area contributed by atoms with Crippen molar-refractivity contribution >= 4 is 45.0 Å². The Bertz CT molecular complexity index is 931. The molecule has 2 aromatic carbocycles. The normalized spacial score (nSPS) is 11.3. The van der Waals surface area contributed by atoms with Crippen molar-refractivity contribution < 1.29 is 13.2 Å². The number of hydrogen-bond donors (Lipinski definition) is 1. The lowest BCUT2D eigenvalue weighted by Crippen LogP contribution is -2.40. The largest absolute Gasteiger partial charge is 0.354 e. The van der Waals surface area contributed by atoms with Crippen molar-refractivity contribution in [3.05, 3.63) is 64.2 Å². The molecule has 29 heavy (non-hydrogen) atoms. The van der Waals surface area contributed by atoms with Gasteiger partial charge in [0.05, 0.1) is 11.9 Å². The summed E-state index contributed by atoms with van der Waals surface area (Å²) in [5.41, 5.74) is 3.77. The van der Waals surface area contributed by atoms with Crippen molar-refractivity contribution in [2.75, 3.05) is 29.4 Å². The summed E-state index contributed by atoms with van der Waals surface area (Å²) in [5.74, 6) is 1.48. The van der Waals surface area contributed by atoms with Crippen LogP contribution in [-0.2, 0) is 20.6 Å². The minimum absolute atomic E-state index is 0.223. The first-order chi connectivity index (χ1) is 13.7. The third kappa shape index (κ3) is 7.91. The van der Waals surface area contributed by atoms with E-state index >= 15 is 0 Å². The number of aryl methyl sites for hydroxylation is 2. The molecule has 1 amide bonds. The molecule has 0 saturated carbocycles. The standard InChI is InChI=1S/C21H27ClN2O3S2/c1-16-5-10-20(13-17(16)2)24(29(3,26)27)14-21(25)23-11-4-12-28-15-18-6-8-19(22)9-7-18/h5-10,13H,4,11-12,14-15H2,1-3H3,(H,23,25). The van der Waals surface area contributed by atoms with Gasteiger partial charge in [0.25, 0.3) is 0 Å². The van der Waals surface area contributed by atoms with Crippen LogP contribution in [0.5, 0.6) is 0 Å². The summed E-state index contributed by atoms with van der Waals surface area (Å²) in [5, 5.41) is 3.54. The topological polar surface area (TPSA) is 66.5 Å². The molecule has 0 aliphatic carbocycles. The molecular formula is C21H27ClN2O3S2. The van der Waals surface area contributed by atoms with Crippen molar-refractivity contribution in [1.82, 2.24) is 5.32 Å². The summed E-state index contributed by atoms with van der Waals surface area (Å²) in [7, 11) is -3.56. The number of benzene rings is 2. The molecule has 0 aliphatic rings. The molecule has 0 bridgehead atoms. The number of nitrogens with one attached hydrogen (secondary N) is 1. The number of anilines is 1. The number of halogens is 1. The second kappa shape index (κ2) is 10.9. The lowest BCUT2D eigenvalue weighted by atomic mass is 10.1. The Balaban J connectivity index is 1.78. The highest BCUT2D eigenvalue weighted by atomic mass is 35.5. The van der Waals surface area contributed by atoms with E-state index in [0.717, 1.165) is 44.6 Å². The highest BCUT2D eigenvalue weighted by Crippen LogP contribution is 2.21. The molecule has 158 valence electrons. The maximum atomic E-state index is 12.3. The summed E-state index contributed by atoms with van der Waals surface area (Å²) < 4.78 is 25.5. The third-order valence-corrected chi connectivity index (χ3v) is 6.94. The Morgan fingerprint density at radius 1 is 1.10 bits per heavy atom. The minimum atomic E-state index is -3.56. The average Bonchev–Trinajstić information content (AvgIpc) is 2.65. The van der Waals surface area contributed by atoms with Crippen LogP contribution in [0.25, 0.3) is 0 Å². The van der Waals surface area contributed by atoms with Gasteiger partial charge in [0, 0.05) is 17.3 Å². The van der Waals surface area contributed by atoms with Gasteiger partial charge in [-0.1, -0.05) is 29.8 Å². The molecule has 2 aromatic rings. The maximum Gasteiger partial charge on any atom is 0.240 e. The predicted octanol–water partition coefficient (Wildman–Crippen LogP) is 4.16. The fourth-order valence-electron chi connectivity index (χ4n) is 2.64. The summed E-state index contributed by atoms with van der Waals surface area (Å²) in [4.78, 5) is 12.3. The first-order valence-corrected chi connectivity index (χ1v) is 12.7. The molecule has 0 aliphatic heterocycles. The quantitative estimate of drug-likeness (QED) is 0.547. The summed E-state index contributed by atoms with van der Waals surface area (Å²) in [6, 6.07) is 13.1. The molecule has 0 unspecified atom stereocenters. The number of hydrogen-bond acceptors (Lipinski definition) is 4. The average molecular weight is 455 g/mol. The zero-order chi connectivity index (χ0) is 21.4. The third-order valence-electron chi connectivity index (χ3n) is 4.44. The smallest absolute Gasteiger partial charge is 0.240 e. The van der Waals surface area contributed by atoms with Gasteiger partial charge in [0.2, 0.25) is 15.9 Å². The summed E-state index contributed by atoms with van der Waals surface area (Å²) in [6.45, 7) is 4.17. The van der Waals surface area contributed by atoms with Crippen LogP contribution in [0.3, 0.4) is 0 Å². The minimum Gasteiger partial charge on any atom is -0.354 e. The molecule has 0 atom stereocenters. The SMILES string of the molecule is Cc1ccc(N(CC(=O)NCCCSCc2ccc(Cl)cc2)S(C)(=O)=O)cc1C. The Hall–Kier alpha value is -1.70. The second-order valence-electron chi connectivity index (χ2n) is 6.92. The van der Waals surface area contributed by atoms with Crippen LogP contribution in [-0.4, -0.2) is 39.4 Å². The second-order valence-corrected chi connectivity index (χ2v) is 10.4. The number of sulfonamides is 1. The molecule has 5 nitrogen and oxygen atoms in total. The van der Waals surface area contributed by atoms with Gasteiger partial charge >= 0.3 is 0 Å². The van der Waals surface area contributed by atoms with Gasteiger partial charge < -0.3 is 5.32 Å². The van der Waals surface area contributed by atoms with Crippen LogP contribution in [0.15, 0.2) is 42.5 Å². The highest BCUT2D eigenvalue weighted by Gasteiger charge is 2.21. The van der Waals surface area contributed by atoms with Crippen molar-refractivity contribution in [1.29, 1.82) is 0 Å². The molecule has 2 rings (SSSR count). The Kier molecular flexibility index (Phi) is 8.86. The van der Waals surface area contributed by atoms with Crippen molar-refractivity contribution in [3.8, 4) is 0 Å². The molecule has 0 saturated heterocycles. The molecule has 0 aromatic heterocycles. The molecule has 0 heterocycles. The van der Waals surface area contributed by atoms with E-state index in [1.807, 2.05) is 44.2 Å². The van der Waals surface area contributed by atoms with Crippen molar-refractivity contribution in [2.45, 2.75) is 26.0 Å². The first-order valence-electron chi connectivity index (χ1n) is 9.30.